The van der Waals surface area contributed by atoms with Gasteiger partial charge in [-0.1, -0.05) is 23.7 Å². The summed E-state index contributed by atoms with van der Waals surface area (Å²) >= 11 is 6.04. The quantitative estimate of drug-likeness (QED) is 0.616. The molecule has 4 nitrogen and oxygen atoms in total. The van der Waals surface area contributed by atoms with Crippen LogP contribution in [0.15, 0.2) is 36.4 Å². The number of hydrogen-bond donors (Lipinski definition) is 0. The van der Waals surface area contributed by atoms with Crippen molar-refractivity contribution in [3.8, 4) is 11.5 Å². The molecule has 1 aliphatic rings. The van der Waals surface area contributed by atoms with Gasteiger partial charge in [-0.05, 0) is 42.5 Å². The molecule has 0 amide bonds. The fraction of sp³-hybridized carbons (Fsp3) is 0.200. The molecule has 0 heterocycles. The molecule has 0 unspecified atom stereocenters. The van der Waals surface area contributed by atoms with E-state index < -0.39 is 4.92 Å². The van der Waals surface area contributed by atoms with Gasteiger partial charge in [-0.2, -0.15) is 0 Å². The molecule has 0 fully saturated rings. The van der Waals surface area contributed by atoms with Crippen molar-refractivity contribution in [1.29, 1.82) is 0 Å². The third-order valence-corrected chi connectivity index (χ3v) is 3.74. The predicted molar refractivity (Wildman–Crippen MR) is 76.6 cm³/mol. The van der Waals surface area contributed by atoms with Gasteiger partial charge in [0.2, 0.25) is 0 Å². The Morgan fingerprint density at radius 3 is 2.75 bits per heavy atom. The van der Waals surface area contributed by atoms with Gasteiger partial charge < -0.3 is 4.74 Å². The van der Waals surface area contributed by atoms with Gasteiger partial charge in [0.25, 0.3) is 5.69 Å². The number of nitrogens with zero attached hydrogens (tertiary/aromatic N) is 1. The van der Waals surface area contributed by atoms with Crippen molar-refractivity contribution in [3.05, 3.63) is 62.7 Å². The highest BCUT2D eigenvalue weighted by atomic mass is 35.5. The average molecular weight is 290 g/mol. The number of aryl methyl sites for hydroxylation is 1. The topological polar surface area (TPSA) is 52.4 Å². The van der Waals surface area contributed by atoms with E-state index in [2.05, 4.69) is 6.07 Å². The van der Waals surface area contributed by atoms with Crippen molar-refractivity contribution in [3.63, 3.8) is 0 Å². The number of non-ortho nitro benzene ring substituents is 1. The molecule has 0 aliphatic heterocycles. The molecule has 0 saturated heterocycles. The number of hydrogen-bond acceptors (Lipinski definition) is 3. The monoisotopic (exact) mass is 289 g/mol. The van der Waals surface area contributed by atoms with Crippen LogP contribution in [0, 0.1) is 10.1 Å². The van der Waals surface area contributed by atoms with Crippen LogP contribution in [0.4, 0.5) is 5.69 Å². The van der Waals surface area contributed by atoms with Crippen molar-refractivity contribution < 1.29 is 9.66 Å². The van der Waals surface area contributed by atoms with Crippen LogP contribution < -0.4 is 4.74 Å². The van der Waals surface area contributed by atoms with Crippen LogP contribution in [-0.2, 0) is 12.8 Å². The molecule has 20 heavy (non-hydrogen) atoms. The fourth-order valence-electron chi connectivity index (χ4n) is 2.48. The number of rotatable bonds is 3. The number of nitro groups is 1. The lowest BCUT2D eigenvalue weighted by Crippen LogP contribution is -1.93. The number of fused-ring (bicyclic) bond motifs is 1. The molecular formula is C15H12ClNO3. The Kier molecular flexibility index (Phi) is 3.32. The largest absolute Gasteiger partial charge is 0.455 e. The summed E-state index contributed by atoms with van der Waals surface area (Å²) in [4.78, 5) is 10.2. The molecule has 0 aromatic heterocycles. The van der Waals surface area contributed by atoms with E-state index >= 15 is 0 Å². The van der Waals surface area contributed by atoms with Crippen LogP contribution in [0.3, 0.4) is 0 Å². The lowest BCUT2D eigenvalue weighted by Gasteiger charge is -2.11. The van der Waals surface area contributed by atoms with E-state index in [0.717, 1.165) is 25.0 Å². The lowest BCUT2D eigenvalue weighted by molar-refractivity contribution is -0.384. The standard InChI is InChI=1S/C15H12ClNO3/c16-13-9-11(17(18)19)7-8-15(13)20-14-6-2-4-10-3-1-5-12(10)14/h2,4,6-9H,1,3,5H2. The number of benzene rings is 2. The molecule has 2 aromatic carbocycles. The highest BCUT2D eigenvalue weighted by Crippen LogP contribution is 2.37. The Morgan fingerprint density at radius 2 is 2.00 bits per heavy atom. The molecule has 3 rings (SSSR count). The maximum atomic E-state index is 10.7. The van der Waals surface area contributed by atoms with E-state index in [1.165, 1.54) is 29.3 Å². The Bertz CT molecular complexity index is 685. The van der Waals surface area contributed by atoms with E-state index in [9.17, 15) is 10.1 Å². The highest BCUT2D eigenvalue weighted by Gasteiger charge is 2.17. The number of ether oxygens (including phenoxy) is 1. The minimum atomic E-state index is -0.476. The molecule has 0 radical (unpaired) electrons. The second-order valence-corrected chi connectivity index (χ2v) is 5.13. The minimum Gasteiger partial charge on any atom is -0.455 e. The zero-order chi connectivity index (χ0) is 14.1. The highest BCUT2D eigenvalue weighted by molar-refractivity contribution is 6.32. The van der Waals surface area contributed by atoms with E-state index in [1.54, 1.807) is 0 Å². The maximum absolute atomic E-state index is 10.7. The summed E-state index contributed by atoms with van der Waals surface area (Å²) in [6.07, 6.45) is 3.19. The molecule has 0 bridgehead atoms. The second kappa shape index (κ2) is 5.13. The predicted octanol–water partition coefficient (Wildman–Crippen LogP) is 4.53. The van der Waals surface area contributed by atoms with Gasteiger partial charge in [-0.15, -0.1) is 0 Å². The molecule has 0 saturated carbocycles. The normalized spacial score (nSPS) is 13.1. The fourth-order valence-corrected chi connectivity index (χ4v) is 2.70. The molecule has 0 N–H and O–H groups in total. The summed E-state index contributed by atoms with van der Waals surface area (Å²) in [5, 5.41) is 10.9. The zero-order valence-corrected chi connectivity index (χ0v) is 11.4. The van der Waals surface area contributed by atoms with Crippen molar-refractivity contribution >= 4 is 17.3 Å². The average Bonchev–Trinajstić information content (AvgIpc) is 2.90. The second-order valence-electron chi connectivity index (χ2n) is 4.72. The Morgan fingerprint density at radius 1 is 1.15 bits per heavy atom. The van der Waals surface area contributed by atoms with Crippen LogP contribution in [0.25, 0.3) is 0 Å². The Balaban J connectivity index is 1.92. The first-order chi connectivity index (χ1) is 9.65. The van der Waals surface area contributed by atoms with Crippen molar-refractivity contribution in [2.24, 2.45) is 0 Å². The van der Waals surface area contributed by atoms with Crippen LogP contribution in [0.1, 0.15) is 17.5 Å². The molecule has 0 atom stereocenters. The summed E-state index contributed by atoms with van der Waals surface area (Å²) < 4.78 is 5.83. The van der Waals surface area contributed by atoms with Gasteiger partial charge in [0.05, 0.1) is 9.95 Å². The molecule has 2 aromatic rings. The molecule has 102 valence electrons. The third kappa shape index (κ3) is 2.34. The van der Waals surface area contributed by atoms with E-state index in [-0.39, 0.29) is 10.7 Å². The van der Waals surface area contributed by atoms with Gasteiger partial charge in [-0.25, -0.2) is 0 Å². The van der Waals surface area contributed by atoms with Gasteiger partial charge in [0.15, 0.2) is 0 Å². The smallest absolute Gasteiger partial charge is 0.271 e. The molecule has 1 aliphatic carbocycles. The van der Waals surface area contributed by atoms with E-state index in [1.807, 2.05) is 12.1 Å². The minimum absolute atomic E-state index is 0.0411. The van der Waals surface area contributed by atoms with Crippen LogP contribution in [0.2, 0.25) is 5.02 Å². The Labute approximate surface area is 121 Å². The van der Waals surface area contributed by atoms with Crippen molar-refractivity contribution in [1.82, 2.24) is 0 Å². The van der Waals surface area contributed by atoms with Crippen molar-refractivity contribution in [2.45, 2.75) is 19.3 Å². The first-order valence-electron chi connectivity index (χ1n) is 6.38. The third-order valence-electron chi connectivity index (χ3n) is 3.45. The van der Waals surface area contributed by atoms with Crippen LogP contribution in [0.5, 0.6) is 11.5 Å². The zero-order valence-electron chi connectivity index (χ0n) is 10.6. The van der Waals surface area contributed by atoms with E-state index in [0.29, 0.717) is 5.75 Å². The van der Waals surface area contributed by atoms with Gasteiger partial charge in [-0.3, -0.25) is 10.1 Å². The van der Waals surface area contributed by atoms with Gasteiger partial charge >= 0.3 is 0 Å². The van der Waals surface area contributed by atoms with Gasteiger partial charge in [0, 0.05) is 12.1 Å². The maximum Gasteiger partial charge on any atom is 0.271 e. The summed E-state index contributed by atoms with van der Waals surface area (Å²) in [7, 11) is 0. The number of nitro benzene ring substituents is 1. The lowest BCUT2D eigenvalue weighted by atomic mass is 10.1. The number of halogens is 1. The summed E-state index contributed by atoms with van der Waals surface area (Å²) in [5.74, 6) is 1.23. The summed E-state index contributed by atoms with van der Waals surface area (Å²) in [6.45, 7) is 0. The molecule has 5 heteroatoms. The Hall–Kier alpha value is -2.07. The van der Waals surface area contributed by atoms with Crippen LogP contribution in [-0.4, -0.2) is 4.92 Å². The SMILES string of the molecule is O=[N+]([O-])c1ccc(Oc2cccc3c2CCC3)c(Cl)c1. The van der Waals surface area contributed by atoms with Gasteiger partial charge in [0.1, 0.15) is 11.5 Å². The molecule has 0 spiro atoms. The summed E-state index contributed by atoms with van der Waals surface area (Å²) in [6, 6.07) is 10.2. The summed E-state index contributed by atoms with van der Waals surface area (Å²) in [5.41, 5.74) is 2.48. The van der Waals surface area contributed by atoms with E-state index in [4.69, 9.17) is 16.3 Å². The van der Waals surface area contributed by atoms with Crippen LogP contribution >= 0.6 is 11.6 Å². The van der Waals surface area contributed by atoms with Crippen molar-refractivity contribution in [2.75, 3.05) is 0 Å². The molecular weight excluding hydrogens is 278 g/mol. The first-order valence-corrected chi connectivity index (χ1v) is 6.75. The first kappa shape index (κ1) is 12.9.